The molecule has 1 aliphatic heterocycles. The Morgan fingerprint density at radius 3 is 2.48 bits per heavy atom. The highest BCUT2D eigenvalue weighted by Crippen LogP contribution is 2.24. The molecule has 1 aliphatic rings. The average molecular weight is 340 g/mol. The fourth-order valence-corrected chi connectivity index (χ4v) is 3.21. The van der Waals surface area contributed by atoms with Gasteiger partial charge in [0.05, 0.1) is 11.0 Å². The van der Waals surface area contributed by atoms with Crippen LogP contribution in [0.1, 0.15) is 18.5 Å². The van der Waals surface area contributed by atoms with Crippen LogP contribution in [0.3, 0.4) is 0 Å². The minimum absolute atomic E-state index is 0.282. The molecule has 1 atom stereocenters. The summed E-state index contributed by atoms with van der Waals surface area (Å²) in [7, 11) is 1.59. The van der Waals surface area contributed by atoms with Gasteiger partial charge in [-0.25, -0.2) is 4.79 Å². The lowest BCUT2D eigenvalue weighted by molar-refractivity contribution is 0.195. The second-order valence-electron chi connectivity index (χ2n) is 6.28. The maximum atomic E-state index is 11.4. The molecule has 3 heterocycles. The molecule has 2 aromatic heterocycles. The maximum absolute atomic E-state index is 11.4. The Balaban J connectivity index is 1.46. The summed E-state index contributed by atoms with van der Waals surface area (Å²) in [6, 6.07) is 6.93. The topological polar surface area (TPSA) is 80.3 Å². The van der Waals surface area contributed by atoms with Crippen molar-refractivity contribution < 1.29 is 4.42 Å². The van der Waals surface area contributed by atoms with Crippen LogP contribution in [-0.4, -0.2) is 50.8 Å². The van der Waals surface area contributed by atoms with E-state index in [9.17, 15) is 4.79 Å². The van der Waals surface area contributed by atoms with Crippen LogP contribution in [0.4, 0.5) is 6.01 Å². The lowest BCUT2D eigenvalue weighted by atomic mass is 10.1. The summed E-state index contributed by atoms with van der Waals surface area (Å²) in [5, 5.41) is 4.13. The second kappa shape index (κ2) is 6.29. The Kier molecular flexibility index (Phi) is 3.96. The van der Waals surface area contributed by atoms with Crippen LogP contribution >= 0.6 is 0 Å². The highest BCUT2D eigenvalue weighted by atomic mass is 16.4. The van der Waals surface area contributed by atoms with Crippen LogP contribution in [0.15, 0.2) is 39.8 Å². The number of hydrogen-bond acceptors (Lipinski definition) is 7. The summed E-state index contributed by atoms with van der Waals surface area (Å²) >= 11 is 0. The van der Waals surface area contributed by atoms with Crippen molar-refractivity contribution in [1.29, 1.82) is 0 Å². The van der Waals surface area contributed by atoms with Gasteiger partial charge < -0.3 is 9.32 Å². The van der Waals surface area contributed by atoms with E-state index in [1.54, 1.807) is 19.4 Å². The van der Waals surface area contributed by atoms with Crippen molar-refractivity contribution >= 4 is 17.0 Å². The zero-order chi connectivity index (χ0) is 17.4. The Morgan fingerprint density at radius 1 is 1.08 bits per heavy atom. The predicted molar refractivity (Wildman–Crippen MR) is 93.5 cm³/mol. The maximum Gasteiger partial charge on any atom is 0.438 e. The largest absolute Gasteiger partial charge is 0.438 e. The smallest absolute Gasteiger partial charge is 0.373 e. The summed E-state index contributed by atoms with van der Waals surface area (Å²) in [5.74, 6) is -0.428. The zero-order valence-electron chi connectivity index (χ0n) is 14.3. The molecule has 0 N–H and O–H groups in total. The lowest BCUT2D eigenvalue weighted by Crippen LogP contribution is -2.47. The van der Waals surface area contributed by atoms with Gasteiger partial charge in [-0.3, -0.25) is 14.9 Å². The summed E-state index contributed by atoms with van der Waals surface area (Å²) in [4.78, 5) is 24.6. The van der Waals surface area contributed by atoms with Gasteiger partial charge in [0.1, 0.15) is 0 Å². The molecule has 0 saturated carbocycles. The van der Waals surface area contributed by atoms with Gasteiger partial charge in [-0.15, -0.1) is 5.10 Å². The van der Waals surface area contributed by atoms with E-state index in [1.807, 2.05) is 11.0 Å². The van der Waals surface area contributed by atoms with Crippen molar-refractivity contribution in [2.75, 3.05) is 31.1 Å². The molecule has 4 rings (SSSR count). The van der Waals surface area contributed by atoms with E-state index < -0.39 is 5.76 Å². The molecule has 25 heavy (non-hydrogen) atoms. The first-order chi connectivity index (χ1) is 12.1. The number of rotatable bonds is 3. The molecule has 8 heteroatoms. The van der Waals surface area contributed by atoms with Gasteiger partial charge in [0.25, 0.3) is 0 Å². The van der Waals surface area contributed by atoms with Crippen molar-refractivity contribution in [2.45, 2.75) is 13.0 Å². The molecule has 1 fully saturated rings. The molecule has 130 valence electrons. The van der Waals surface area contributed by atoms with Crippen molar-refractivity contribution in [3.05, 3.63) is 46.7 Å². The lowest BCUT2D eigenvalue weighted by Gasteiger charge is -2.37. The minimum Gasteiger partial charge on any atom is -0.373 e. The third-order valence-electron chi connectivity index (χ3n) is 4.79. The number of fused-ring (bicyclic) bond motifs is 1. The van der Waals surface area contributed by atoms with Gasteiger partial charge in [-0.05, 0) is 24.6 Å². The number of anilines is 1. The van der Waals surface area contributed by atoms with Crippen LogP contribution in [0.2, 0.25) is 0 Å². The first-order valence-electron chi connectivity index (χ1n) is 8.35. The van der Waals surface area contributed by atoms with Crippen LogP contribution in [0.5, 0.6) is 0 Å². The van der Waals surface area contributed by atoms with E-state index in [4.69, 9.17) is 4.42 Å². The molecule has 0 bridgehead atoms. The molecular formula is C17H20N6O2. The molecular weight excluding hydrogens is 320 g/mol. The number of nitrogens with zero attached hydrogens (tertiary/aromatic N) is 6. The standard InChI is InChI=1S/C17H20N6O2/c1-12(13-3-4-14-15(11-13)19-6-5-18-14)22-7-9-23(10-8-22)16-20-21(2)17(24)25-16/h3-6,11-12H,7-10H2,1-2H3. The molecule has 0 radical (unpaired) electrons. The monoisotopic (exact) mass is 340 g/mol. The first-order valence-corrected chi connectivity index (χ1v) is 8.35. The molecule has 1 aromatic carbocycles. The van der Waals surface area contributed by atoms with Gasteiger partial charge in [-0.1, -0.05) is 6.07 Å². The zero-order valence-corrected chi connectivity index (χ0v) is 14.3. The first kappa shape index (κ1) is 15.8. The summed E-state index contributed by atoms with van der Waals surface area (Å²) in [6.07, 6.45) is 3.43. The summed E-state index contributed by atoms with van der Waals surface area (Å²) in [5.41, 5.74) is 3.06. The predicted octanol–water partition coefficient (Wildman–Crippen LogP) is 1.20. The molecule has 3 aromatic rings. The van der Waals surface area contributed by atoms with Crippen molar-refractivity contribution in [2.24, 2.45) is 7.05 Å². The van der Waals surface area contributed by atoms with Crippen molar-refractivity contribution in [3.8, 4) is 0 Å². The number of aryl methyl sites for hydroxylation is 1. The van der Waals surface area contributed by atoms with Crippen LogP contribution in [0, 0.1) is 0 Å². The SMILES string of the molecule is CC(c1ccc2nccnc2c1)N1CCN(c2nn(C)c(=O)o2)CC1. The van der Waals surface area contributed by atoms with Crippen LogP contribution in [-0.2, 0) is 7.05 Å². The van der Waals surface area contributed by atoms with E-state index in [0.29, 0.717) is 6.01 Å². The fraction of sp³-hybridized carbons (Fsp3) is 0.412. The normalized spacial score (nSPS) is 17.1. The second-order valence-corrected chi connectivity index (χ2v) is 6.28. The fourth-order valence-electron chi connectivity index (χ4n) is 3.21. The molecule has 0 amide bonds. The van der Waals surface area contributed by atoms with Crippen LogP contribution < -0.4 is 10.7 Å². The van der Waals surface area contributed by atoms with Gasteiger partial charge >= 0.3 is 11.8 Å². The highest BCUT2D eigenvalue weighted by Gasteiger charge is 2.25. The number of aromatic nitrogens is 4. The number of piperazine rings is 1. The molecule has 1 saturated heterocycles. The molecule has 1 unspecified atom stereocenters. The molecule has 8 nitrogen and oxygen atoms in total. The molecule has 0 aliphatic carbocycles. The Morgan fingerprint density at radius 2 is 1.80 bits per heavy atom. The van der Waals surface area contributed by atoms with E-state index in [0.717, 1.165) is 37.2 Å². The van der Waals surface area contributed by atoms with E-state index in [1.165, 1.54) is 10.2 Å². The third-order valence-corrected chi connectivity index (χ3v) is 4.79. The van der Waals surface area contributed by atoms with E-state index >= 15 is 0 Å². The van der Waals surface area contributed by atoms with Gasteiger partial charge in [0.2, 0.25) is 0 Å². The minimum atomic E-state index is -0.428. The third kappa shape index (κ3) is 3.00. The van der Waals surface area contributed by atoms with E-state index in [2.05, 4.69) is 39.0 Å². The quantitative estimate of drug-likeness (QED) is 0.709. The highest BCUT2D eigenvalue weighted by molar-refractivity contribution is 5.74. The summed E-state index contributed by atoms with van der Waals surface area (Å²) in [6.45, 7) is 5.50. The van der Waals surface area contributed by atoms with Gasteiger partial charge in [-0.2, -0.15) is 4.68 Å². The number of benzene rings is 1. The average Bonchev–Trinajstić information content (AvgIpc) is 2.99. The van der Waals surface area contributed by atoms with Gasteiger partial charge in [0, 0.05) is 51.7 Å². The van der Waals surface area contributed by atoms with E-state index in [-0.39, 0.29) is 6.04 Å². The Labute approximate surface area is 144 Å². The number of hydrogen-bond donors (Lipinski definition) is 0. The molecule has 0 spiro atoms. The summed E-state index contributed by atoms with van der Waals surface area (Å²) < 4.78 is 6.39. The Hall–Kier alpha value is -2.74. The van der Waals surface area contributed by atoms with Crippen molar-refractivity contribution in [1.82, 2.24) is 24.6 Å². The Bertz CT molecular complexity index is 941. The van der Waals surface area contributed by atoms with Gasteiger partial charge in [0.15, 0.2) is 0 Å². The van der Waals surface area contributed by atoms with Crippen molar-refractivity contribution in [3.63, 3.8) is 0 Å². The van der Waals surface area contributed by atoms with Crippen LogP contribution in [0.25, 0.3) is 11.0 Å².